The van der Waals surface area contributed by atoms with Gasteiger partial charge >= 0.3 is 0 Å². The lowest BCUT2D eigenvalue weighted by Gasteiger charge is -2.43. The molecule has 1 aromatic heterocycles. The first-order chi connectivity index (χ1) is 22.0. The van der Waals surface area contributed by atoms with E-state index >= 15 is 4.39 Å². The van der Waals surface area contributed by atoms with E-state index in [1.165, 1.54) is 18.4 Å². The summed E-state index contributed by atoms with van der Waals surface area (Å²) in [7, 11) is 0. The molecule has 0 bridgehead atoms. The summed E-state index contributed by atoms with van der Waals surface area (Å²) in [6.45, 7) is 10.2. The first kappa shape index (κ1) is 34.1. The number of aliphatic hydroxyl groups is 1. The lowest BCUT2D eigenvalue weighted by molar-refractivity contribution is 0.0652. The Bertz CT molecular complexity index is 1620. The third kappa shape index (κ3) is 8.18. The maximum absolute atomic E-state index is 15.2. The van der Waals surface area contributed by atoms with Crippen molar-refractivity contribution in [2.45, 2.75) is 97.1 Å². The number of hydrogen-bond acceptors (Lipinski definition) is 6. The fraction of sp³-hybridized carbons (Fsp3) is 0.500. The molecule has 3 heterocycles. The Morgan fingerprint density at radius 1 is 1.20 bits per heavy atom. The molecule has 1 saturated heterocycles. The van der Waals surface area contributed by atoms with Crippen LogP contribution >= 0.6 is 11.6 Å². The van der Waals surface area contributed by atoms with E-state index in [1.807, 2.05) is 37.4 Å². The van der Waals surface area contributed by atoms with Crippen LogP contribution in [0.5, 0.6) is 0 Å². The van der Waals surface area contributed by atoms with Crippen LogP contribution in [0.2, 0.25) is 5.02 Å². The fourth-order valence-corrected chi connectivity index (χ4v) is 7.06. The van der Waals surface area contributed by atoms with E-state index in [0.717, 1.165) is 61.7 Å². The molecule has 46 heavy (non-hydrogen) atoms. The van der Waals surface area contributed by atoms with Crippen LogP contribution in [-0.2, 0) is 6.42 Å². The summed E-state index contributed by atoms with van der Waals surface area (Å²) in [5.41, 5.74) is 10.4. The summed E-state index contributed by atoms with van der Waals surface area (Å²) >= 11 is 6.30. The Morgan fingerprint density at radius 3 is 2.65 bits per heavy atom. The topological polar surface area (TPSA) is 117 Å². The lowest BCUT2D eigenvalue weighted by Crippen LogP contribution is -2.45. The minimum Gasteiger partial charge on any atom is -0.374 e. The molecule has 6 N–H and O–H groups in total. The number of nitrogens with one attached hydrogen (secondary N) is 3. The Balaban J connectivity index is 1.36. The van der Waals surface area contributed by atoms with E-state index in [0.29, 0.717) is 40.6 Å². The van der Waals surface area contributed by atoms with Crippen LogP contribution in [-0.4, -0.2) is 52.4 Å². The second kappa shape index (κ2) is 15.1. The molecule has 5 rings (SSSR count). The predicted octanol–water partition coefficient (Wildman–Crippen LogP) is 5.83. The normalized spacial score (nSPS) is 20.6. The number of anilines is 1. The Kier molecular flexibility index (Phi) is 11.2. The average Bonchev–Trinajstić information content (AvgIpc) is 3.41. The standard InChI is InChI=1S/C36H49ClFN7O/c1-22(2)20-44-28(15-16-41-24(4)40)9-6-10-33(44)26-11-13-29(14-12-26)45-21-27-19-32(42-35(27)43-36(45)46)30-17-25(8-5-7-23(3)39)18-31(37)34(30)38/h11-14,17-19,21-23,28,33,36,46H,5-10,15-16,20,39H2,1-4H3,(H2,40,41)(H,42,43)/t23-,28-,33-,36?/m0/s1. The van der Waals surface area contributed by atoms with Crippen molar-refractivity contribution < 1.29 is 9.50 Å². The van der Waals surface area contributed by atoms with Crippen LogP contribution in [0, 0.1) is 17.1 Å². The zero-order valence-corrected chi connectivity index (χ0v) is 28.2. The van der Waals surface area contributed by atoms with E-state index in [2.05, 4.69) is 46.2 Å². The highest BCUT2D eigenvalue weighted by atomic mass is 35.5. The molecular formula is C36H49ClFN7O. The Labute approximate surface area is 277 Å². The van der Waals surface area contributed by atoms with Crippen molar-refractivity contribution >= 4 is 29.3 Å². The molecular weight excluding hydrogens is 601 g/mol. The van der Waals surface area contributed by atoms with Gasteiger partial charge in [-0.1, -0.05) is 37.6 Å². The average molecular weight is 650 g/mol. The molecule has 3 aromatic rings. The molecule has 2 aliphatic rings. The van der Waals surface area contributed by atoms with Crippen LogP contribution in [0.15, 0.2) is 47.5 Å². The molecule has 0 amide bonds. The predicted molar refractivity (Wildman–Crippen MR) is 186 cm³/mol. The van der Waals surface area contributed by atoms with Crippen LogP contribution in [0.25, 0.3) is 17.5 Å². The highest BCUT2D eigenvalue weighted by molar-refractivity contribution is 6.31. The van der Waals surface area contributed by atoms with Gasteiger partial charge in [0.05, 0.1) is 16.6 Å². The van der Waals surface area contributed by atoms with Gasteiger partial charge in [0.15, 0.2) is 5.82 Å². The number of halogens is 2. The van der Waals surface area contributed by atoms with Crippen molar-refractivity contribution in [3.63, 3.8) is 0 Å². The molecule has 0 radical (unpaired) electrons. The molecule has 248 valence electrons. The third-order valence-electron chi connectivity index (χ3n) is 9.00. The number of rotatable bonds is 12. The number of hydrogen-bond donors (Lipinski definition) is 5. The van der Waals surface area contributed by atoms with Gasteiger partial charge in [0.2, 0.25) is 6.35 Å². The summed E-state index contributed by atoms with van der Waals surface area (Å²) in [5.74, 6) is 0.577. The molecule has 0 aliphatic carbocycles. The van der Waals surface area contributed by atoms with Gasteiger partial charge in [0.25, 0.3) is 0 Å². The molecule has 10 heteroatoms. The summed E-state index contributed by atoms with van der Waals surface area (Å²) in [6, 6.07) is 14.7. The zero-order valence-electron chi connectivity index (χ0n) is 27.5. The number of fused-ring (bicyclic) bond motifs is 1. The van der Waals surface area contributed by atoms with Gasteiger partial charge in [-0.15, -0.1) is 0 Å². The molecule has 0 spiro atoms. The van der Waals surface area contributed by atoms with E-state index in [-0.39, 0.29) is 11.1 Å². The van der Waals surface area contributed by atoms with E-state index < -0.39 is 12.2 Å². The number of aryl methyl sites for hydroxylation is 1. The quantitative estimate of drug-likeness (QED) is 0.125. The maximum Gasteiger partial charge on any atom is 0.231 e. The summed E-state index contributed by atoms with van der Waals surface area (Å²) in [4.78, 5) is 12.1. The number of piperidine rings is 1. The number of aromatic nitrogens is 1. The van der Waals surface area contributed by atoms with Crippen LogP contribution < -0.4 is 26.7 Å². The van der Waals surface area contributed by atoms with Gasteiger partial charge in [-0.2, -0.15) is 0 Å². The van der Waals surface area contributed by atoms with E-state index in [9.17, 15) is 5.11 Å². The van der Waals surface area contributed by atoms with Crippen molar-refractivity contribution in [3.05, 3.63) is 75.1 Å². The fourth-order valence-electron chi connectivity index (χ4n) is 6.82. The second-order valence-corrected chi connectivity index (χ2v) is 13.8. The largest absolute Gasteiger partial charge is 0.374 e. The maximum atomic E-state index is 15.2. The number of nitrogens with two attached hydrogens (primary N) is 1. The number of likely N-dealkylation sites (tertiary alicyclic amines) is 1. The second-order valence-electron chi connectivity index (χ2n) is 13.4. The van der Waals surface area contributed by atoms with Gasteiger partial charge in [0.1, 0.15) is 5.49 Å². The van der Waals surface area contributed by atoms with Gasteiger partial charge < -0.3 is 26.0 Å². The molecule has 2 aromatic carbocycles. The van der Waals surface area contributed by atoms with Crippen molar-refractivity contribution in [2.75, 3.05) is 18.0 Å². The van der Waals surface area contributed by atoms with Gasteiger partial charge in [-0.3, -0.25) is 10.3 Å². The lowest BCUT2D eigenvalue weighted by atomic mass is 9.88. The molecule has 8 nitrogen and oxygen atoms in total. The van der Waals surface area contributed by atoms with Crippen molar-refractivity contribution in [2.24, 2.45) is 16.6 Å². The zero-order chi connectivity index (χ0) is 33.0. The van der Waals surface area contributed by atoms with Crippen LogP contribution in [0.4, 0.5) is 10.1 Å². The summed E-state index contributed by atoms with van der Waals surface area (Å²) in [5, 5.41) is 22.8. The highest BCUT2D eigenvalue weighted by Crippen LogP contribution is 2.37. The number of amidine groups is 1. The number of aliphatic hydroxyl groups excluding tert-OH is 1. The summed E-state index contributed by atoms with van der Waals surface area (Å²) in [6.07, 6.45) is 7.73. The van der Waals surface area contributed by atoms with Crippen LogP contribution in [0.1, 0.15) is 83.4 Å². The Hall–Kier alpha value is -3.24. The SMILES string of the molecule is CC(=N)NCC[C@@H]1CCC[C@@H](c2ccc(N3C=c4cc(-c5cc(CCC[C@H](C)N)cc(Cl)c5F)[nH]c4=NC3O)cc2)N1CC(C)C. The molecule has 4 atom stereocenters. The minimum absolute atomic E-state index is 0.0814. The number of nitrogens with zero attached hydrogens (tertiary/aromatic N) is 3. The van der Waals surface area contributed by atoms with Gasteiger partial charge in [0, 0.05) is 53.9 Å². The molecule has 0 saturated carbocycles. The minimum atomic E-state index is -1.12. The monoisotopic (exact) mass is 649 g/mol. The number of benzene rings is 2. The van der Waals surface area contributed by atoms with E-state index in [4.69, 9.17) is 22.7 Å². The first-order valence-electron chi connectivity index (χ1n) is 16.6. The Morgan fingerprint density at radius 2 is 1.96 bits per heavy atom. The summed E-state index contributed by atoms with van der Waals surface area (Å²) < 4.78 is 15.2. The third-order valence-corrected chi connectivity index (χ3v) is 9.28. The van der Waals surface area contributed by atoms with Crippen molar-refractivity contribution in [1.29, 1.82) is 5.41 Å². The number of H-pyrrole nitrogens is 1. The van der Waals surface area contributed by atoms with Crippen molar-refractivity contribution in [1.82, 2.24) is 15.2 Å². The molecule has 1 fully saturated rings. The molecule has 2 aliphatic heterocycles. The van der Waals surface area contributed by atoms with Gasteiger partial charge in [-0.25, -0.2) is 9.38 Å². The van der Waals surface area contributed by atoms with Gasteiger partial charge in [-0.05, 0) is 106 Å². The first-order valence-corrected chi connectivity index (χ1v) is 17.0. The highest BCUT2D eigenvalue weighted by Gasteiger charge is 2.32. The van der Waals surface area contributed by atoms with Crippen molar-refractivity contribution in [3.8, 4) is 11.3 Å². The number of aromatic amines is 1. The smallest absolute Gasteiger partial charge is 0.231 e. The van der Waals surface area contributed by atoms with E-state index in [1.54, 1.807) is 17.9 Å². The molecule has 1 unspecified atom stereocenters. The van der Waals surface area contributed by atoms with Crippen LogP contribution in [0.3, 0.4) is 0 Å².